The van der Waals surface area contributed by atoms with Crippen LogP contribution in [0.5, 0.6) is 0 Å². The highest BCUT2D eigenvalue weighted by Gasteiger charge is 2.57. The van der Waals surface area contributed by atoms with E-state index in [4.69, 9.17) is 0 Å². The molecule has 3 heteroatoms. The van der Waals surface area contributed by atoms with Crippen LogP contribution in [0.1, 0.15) is 37.0 Å². The average Bonchev–Trinajstić information content (AvgIpc) is 2.90. The molecule has 1 atom stereocenters. The Morgan fingerprint density at radius 1 is 1.03 bits per heavy atom. The van der Waals surface area contributed by atoms with Gasteiger partial charge in [0.1, 0.15) is 5.66 Å². The maximum atomic E-state index is 12.6. The standard InChI is InChI=1S/C26H26N2O/c1-18-11-12-23-22(17-18)25(2,3)26(27-24(29)14-16-28(23)26)15-13-20-9-6-8-19-7-4-5-10-21(19)20/h4-13,15,17H,14,16H2,1-3H3,(H,27,29). The molecule has 3 aromatic rings. The number of hydrogen-bond donors (Lipinski definition) is 1. The van der Waals surface area contributed by atoms with Gasteiger partial charge in [-0.15, -0.1) is 0 Å². The summed E-state index contributed by atoms with van der Waals surface area (Å²) in [5, 5.41) is 5.81. The van der Waals surface area contributed by atoms with Crippen LogP contribution in [0, 0.1) is 6.92 Å². The molecule has 2 heterocycles. The largest absolute Gasteiger partial charge is 0.344 e. The van der Waals surface area contributed by atoms with Crippen LogP contribution >= 0.6 is 0 Å². The number of amides is 1. The number of aryl methyl sites for hydroxylation is 1. The minimum atomic E-state index is -0.574. The van der Waals surface area contributed by atoms with E-state index >= 15 is 0 Å². The Morgan fingerprint density at radius 2 is 1.83 bits per heavy atom. The zero-order valence-electron chi connectivity index (χ0n) is 17.2. The zero-order valence-corrected chi connectivity index (χ0v) is 17.2. The Labute approximate surface area is 172 Å². The normalized spacial score (nSPS) is 22.6. The summed E-state index contributed by atoms with van der Waals surface area (Å²) in [5.74, 6) is 0.112. The van der Waals surface area contributed by atoms with E-state index in [1.807, 2.05) is 0 Å². The maximum absolute atomic E-state index is 12.6. The average molecular weight is 383 g/mol. The summed E-state index contributed by atoms with van der Waals surface area (Å²) in [7, 11) is 0. The molecule has 29 heavy (non-hydrogen) atoms. The molecular weight excluding hydrogens is 356 g/mol. The first-order valence-electron chi connectivity index (χ1n) is 10.3. The van der Waals surface area contributed by atoms with Crippen LogP contribution < -0.4 is 10.2 Å². The summed E-state index contributed by atoms with van der Waals surface area (Å²) in [4.78, 5) is 14.9. The van der Waals surface area contributed by atoms with Gasteiger partial charge in [0.15, 0.2) is 0 Å². The minimum Gasteiger partial charge on any atom is -0.344 e. The van der Waals surface area contributed by atoms with Gasteiger partial charge in [-0.3, -0.25) is 4.79 Å². The van der Waals surface area contributed by atoms with Gasteiger partial charge in [0.2, 0.25) is 5.91 Å². The van der Waals surface area contributed by atoms with Crippen LogP contribution in [0.2, 0.25) is 0 Å². The van der Waals surface area contributed by atoms with Gasteiger partial charge in [0.05, 0.1) is 0 Å². The fourth-order valence-corrected chi connectivity index (χ4v) is 5.07. The van der Waals surface area contributed by atoms with Crippen LogP contribution in [-0.4, -0.2) is 18.1 Å². The molecule has 0 spiro atoms. The third kappa shape index (κ3) is 2.53. The highest BCUT2D eigenvalue weighted by atomic mass is 16.2. The third-order valence-electron chi connectivity index (χ3n) is 6.71. The molecule has 3 nitrogen and oxygen atoms in total. The van der Waals surface area contributed by atoms with Gasteiger partial charge in [-0.05, 0) is 41.0 Å². The first-order chi connectivity index (χ1) is 13.9. The van der Waals surface area contributed by atoms with Gasteiger partial charge in [0.25, 0.3) is 0 Å². The number of nitrogens with zero attached hydrogens (tertiary/aromatic N) is 1. The van der Waals surface area contributed by atoms with E-state index < -0.39 is 5.66 Å². The summed E-state index contributed by atoms with van der Waals surface area (Å²) in [5.41, 5.74) is 4.10. The lowest BCUT2D eigenvalue weighted by molar-refractivity contribution is -0.124. The molecule has 1 fully saturated rings. The summed E-state index contributed by atoms with van der Waals surface area (Å²) in [6.07, 6.45) is 4.91. The van der Waals surface area contributed by atoms with Crippen molar-refractivity contribution in [1.82, 2.24) is 5.32 Å². The van der Waals surface area contributed by atoms with E-state index in [-0.39, 0.29) is 11.3 Å². The Bertz CT molecular complexity index is 1160. The van der Waals surface area contributed by atoms with E-state index in [2.05, 4.69) is 104 Å². The van der Waals surface area contributed by atoms with Crippen molar-refractivity contribution in [2.75, 3.05) is 11.4 Å². The number of hydrogen-bond acceptors (Lipinski definition) is 2. The van der Waals surface area contributed by atoms with E-state index in [9.17, 15) is 4.79 Å². The first-order valence-corrected chi connectivity index (χ1v) is 10.3. The Kier molecular flexibility index (Phi) is 3.86. The third-order valence-corrected chi connectivity index (χ3v) is 6.71. The van der Waals surface area contributed by atoms with Crippen LogP contribution in [0.4, 0.5) is 5.69 Å². The number of fused-ring (bicyclic) bond motifs is 4. The van der Waals surface area contributed by atoms with E-state index in [1.165, 1.54) is 33.2 Å². The lowest BCUT2D eigenvalue weighted by Crippen LogP contribution is -2.68. The number of carbonyl (C=O) groups is 1. The molecule has 0 aromatic heterocycles. The van der Waals surface area contributed by atoms with Crippen molar-refractivity contribution in [3.63, 3.8) is 0 Å². The van der Waals surface area contributed by atoms with Gasteiger partial charge < -0.3 is 10.2 Å². The minimum absolute atomic E-state index is 0.112. The topological polar surface area (TPSA) is 32.3 Å². The second-order valence-corrected chi connectivity index (χ2v) is 8.76. The molecule has 1 unspecified atom stereocenters. The molecule has 2 aliphatic heterocycles. The zero-order chi connectivity index (χ0) is 20.2. The fourth-order valence-electron chi connectivity index (χ4n) is 5.07. The van der Waals surface area contributed by atoms with Gasteiger partial charge in [-0.25, -0.2) is 0 Å². The monoisotopic (exact) mass is 382 g/mol. The number of carbonyl (C=O) groups excluding carboxylic acids is 1. The van der Waals surface area contributed by atoms with Crippen molar-refractivity contribution in [3.8, 4) is 0 Å². The highest BCUT2D eigenvalue weighted by molar-refractivity contribution is 5.91. The van der Waals surface area contributed by atoms with Gasteiger partial charge in [0, 0.05) is 24.1 Å². The Morgan fingerprint density at radius 3 is 2.69 bits per heavy atom. The highest BCUT2D eigenvalue weighted by Crippen LogP contribution is 2.52. The molecule has 0 radical (unpaired) electrons. The number of nitrogens with one attached hydrogen (secondary N) is 1. The first kappa shape index (κ1) is 18.0. The SMILES string of the molecule is Cc1ccc2c(c1)C(C)(C)C1(C=Cc3cccc4ccccc34)NC(=O)CCN21. The van der Waals surface area contributed by atoms with Crippen LogP contribution in [0.15, 0.2) is 66.7 Å². The number of benzene rings is 3. The van der Waals surface area contributed by atoms with E-state index in [1.54, 1.807) is 0 Å². The smallest absolute Gasteiger partial charge is 0.223 e. The Hall–Kier alpha value is -3.07. The van der Waals surface area contributed by atoms with Crippen molar-refractivity contribution in [3.05, 3.63) is 83.4 Å². The van der Waals surface area contributed by atoms with Gasteiger partial charge in [-0.2, -0.15) is 0 Å². The number of rotatable bonds is 2. The molecule has 0 aliphatic carbocycles. The van der Waals surface area contributed by atoms with Crippen molar-refractivity contribution in [2.24, 2.45) is 0 Å². The van der Waals surface area contributed by atoms with Gasteiger partial charge in [-0.1, -0.05) is 80.1 Å². The molecule has 146 valence electrons. The van der Waals surface area contributed by atoms with Crippen molar-refractivity contribution in [1.29, 1.82) is 0 Å². The summed E-state index contributed by atoms with van der Waals surface area (Å²) in [6.45, 7) is 7.34. The van der Waals surface area contributed by atoms with E-state index in [0.717, 1.165) is 6.54 Å². The molecular formula is C26H26N2O. The summed E-state index contributed by atoms with van der Waals surface area (Å²) in [6, 6.07) is 21.4. The van der Waals surface area contributed by atoms with Crippen molar-refractivity contribution < 1.29 is 4.79 Å². The molecule has 5 rings (SSSR count). The lowest BCUT2D eigenvalue weighted by Gasteiger charge is -2.49. The molecule has 2 aliphatic rings. The Balaban J connectivity index is 1.68. The molecule has 1 N–H and O–H groups in total. The maximum Gasteiger partial charge on any atom is 0.223 e. The molecule has 1 saturated heterocycles. The predicted molar refractivity (Wildman–Crippen MR) is 120 cm³/mol. The van der Waals surface area contributed by atoms with E-state index in [0.29, 0.717) is 6.42 Å². The van der Waals surface area contributed by atoms with Crippen molar-refractivity contribution in [2.45, 2.75) is 38.3 Å². The van der Waals surface area contributed by atoms with Gasteiger partial charge >= 0.3 is 0 Å². The summed E-state index contributed by atoms with van der Waals surface area (Å²) >= 11 is 0. The van der Waals surface area contributed by atoms with Crippen molar-refractivity contribution >= 4 is 28.4 Å². The fraction of sp³-hybridized carbons (Fsp3) is 0.269. The molecule has 1 amide bonds. The number of anilines is 1. The predicted octanol–water partition coefficient (Wildman–Crippen LogP) is 5.18. The second-order valence-electron chi connectivity index (χ2n) is 8.76. The quantitative estimate of drug-likeness (QED) is 0.663. The van der Waals surface area contributed by atoms with Crippen LogP contribution in [-0.2, 0) is 10.2 Å². The molecule has 0 bridgehead atoms. The summed E-state index contributed by atoms with van der Waals surface area (Å²) < 4.78 is 0. The molecule has 3 aromatic carbocycles. The lowest BCUT2D eigenvalue weighted by atomic mass is 9.74. The second kappa shape index (κ2) is 6.21. The molecule has 0 saturated carbocycles. The van der Waals surface area contributed by atoms with Crippen LogP contribution in [0.3, 0.4) is 0 Å². The van der Waals surface area contributed by atoms with Crippen LogP contribution in [0.25, 0.3) is 16.8 Å².